The predicted octanol–water partition coefficient (Wildman–Crippen LogP) is 2.22. The predicted molar refractivity (Wildman–Crippen MR) is 74.0 cm³/mol. The molecular formula is C15H16O5. The van der Waals surface area contributed by atoms with Crippen molar-refractivity contribution in [2.24, 2.45) is 0 Å². The smallest absolute Gasteiger partial charge is 0.340 e. The molecule has 0 bridgehead atoms. The monoisotopic (exact) mass is 276 g/mol. The van der Waals surface area contributed by atoms with Crippen molar-refractivity contribution in [1.29, 1.82) is 0 Å². The summed E-state index contributed by atoms with van der Waals surface area (Å²) in [5.74, 6) is -0.393. The average Bonchev–Trinajstić information content (AvgIpc) is 2.38. The third-order valence-electron chi connectivity index (χ3n) is 3.23. The van der Waals surface area contributed by atoms with Crippen LogP contribution >= 0.6 is 0 Å². The van der Waals surface area contributed by atoms with E-state index in [0.717, 1.165) is 0 Å². The van der Waals surface area contributed by atoms with Crippen molar-refractivity contribution in [3.05, 3.63) is 39.2 Å². The van der Waals surface area contributed by atoms with E-state index in [4.69, 9.17) is 9.15 Å². The van der Waals surface area contributed by atoms with E-state index in [1.54, 1.807) is 26.8 Å². The number of fused-ring (bicyclic) bond motifs is 1. The molecule has 0 amide bonds. The van der Waals surface area contributed by atoms with E-state index >= 15 is 0 Å². The molecule has 20 heavy (non-hydrogen) atoms. The number of phenols is 1. The minimum absolute atomic E-state index is 0.0678. The van der Waals surface area contributed by atoms with Crippen LogP contribution in [-0.2, 0) is 16.0 Å². The van der Waals surface area contributed by atoms with Crippen LogP contribution in [0.2, 0.25) is 0 Å². The van der Waals surface area contributed by atoms with Gasteiger partial charge in [-0.15, -0.1) is 0 Å². The lowest BCUT2D eigenvalue weighted by Crippen LogP contribution is -2.17. The zero-order valence-corrected chi connectivity index (χ0v) is 11.6. The van der Waals surface area contributed by atoms with Crippen LogP contribution in [0.4, 0.5) is 0 Å². The first-order chi connectivity index (χ1) is 9.43. The standard InChI is InChI=1S/C15H16O5/c1-4-19-14(17)6-11-9(3)10-5-8(2)12(16)7-13(10)20-15(11)18/h5,7,16H,4,6H2,1-3H3. The van der Waals surface area contributed by atoms with Crippen molar-refractivity contribution in [3.8, 4) is 5.75 Å². The SMILES string of the molecule is CCOC(=O)Cc1c(C)c2cc(C)c(O)cc2oc1=O. The van der Waals surface area contributed by atoms with Gasteiger partial charge in [0.25, 0.3) is 0 Å². The third-order valence-corrected chi connectivity index (χ3v) is 3.23. The van der Waals surface area contributed by atoms with Gasteiger partial charge in [0, 0.05) is 11.5 Å². The van der Waals surface area contributed by atoms with E-state index in [1.165, 1.54) is 6.07 Å². The molecule has 1 N–H and O–H groups in total. The van der Waals surface area contributed by atoms with Gasteiger partial charge < -0.3 is 14.3 Å². The largest absolute Gasteiger partial charge is 0.508 e. The highest BCUT2D eigenvalue weighted by molar-refractivity contribution is 5.85. The first-order valence-corrected chi connectivity index (χ1v) is 6.35. The topological polar surface area (TPSA) is 76.7 Å². The number of hydrogen-bond acceptors (Lipinski definition) is 5. The summed E-state index contributed by atoms with van der Waals surface area (Å²) in [6, 6.07) is 3.14. The van der Waals surface area contributed by atoms with Crippen LogP contribution in [0.1, 0.15) is 23.6 Å². The molecule has 5 nitrogen and oxygen atoms in total. The van der Waals surface area contributed by atoms with E-state index in [2.05, 4.69) is 0 Å². The van der Waals surface area contributed by atoms with Crippen molar-refractivity contribution in [3.63, 3.8) is 0 Å². The molecule has 0 aliphatic heterocycles. The molecule has 1 aromatic heterocycles. The molecule has 2 rings (SSSR count). The van der Waals surface area contributed by atoms with Crippen LogP contribution in [0.3, 0.4) is 0 Å². The molecule has 0 saturated heterocycles. The van der Waals surface area contributed by atoms with Gasteiger partial charge in [0.2, 0.25) is 0 Å². The van der Waals surface area contributed by atoms with Gasteiger partial charge in [0.1, 0.15) is 11.3 Å². The molecule has 0 aliphatic carbocycles. The van der Waals surface area contributed by atoms with Crippen LogP contribution in [-0.4, -0.2) is 17.7 Å². The van der Waals surface area contributed by atoms with Gasteiger partial charge >= 0.3 is 11.6 Å². The summed E-state index contributed by atoms with van der Waals surface area (Å²) in [4.78, 5) is 23.5. The fraction of sp³-hybridized carbons (Fsp3) is 0.333. The zero-order chi connectivity index (χ0) is 14.9. The zero-order valence-electron chi connectivity index (χ0n) is 11.6. The number of phenolic OH excluding ortho intramolecular Hbond substituents is 1. The van der Waals surface area contributed by atoms with E-state index in [-0.39, 0.29) is 18.8 Å². The maximum atomic E-state index is 11.9. The molecule has 0 spiro atoms. The van der Waals surface area contributed by atoms with E-state index in [1.807, 2.05) is 0 Å². The molecule has 106 valence electrons. The highest BCUT2D eigenvalue weighted by atomic mass is 16.5. The summed E-state index contributed by atoms with van der Waals surface area (Å²) in [6.07, 6.45) is -0.113. The minimum Gasteiger partial charge on any atom is -0.508 e. The Balaban J connectivity index is 2.59. The number of rotatable bonds is 3. The summed E-state index contributed by atoms with van der Waals surface area (Å²) < 4.78 is 10.0. The number of ether oxygens (including phenoxy) is 1. The van der Waals surface area contributed by atoms with Crippen LogP contribution in [0, 0.1) is 13.8 Å². The summed E-state index contributed by atoms with van der Waals surface area (Å²) in [5, 5.41) is 10.4. The Hall–Kier alpha value is -2.30. The van der Waals surface area contributed by atoms with E-state index in [9.17, 15) is 14.7 Å². The lowest BCUT2D eigenvalue weighted by molar-refractivity contribution is -0.142. The highest BCUT2D eigenvalue weighted by Gasteiger charge is 2.16. The Bertz CT molecular complexity index is 727. The van der Waals surface area contributed by atoms with E-state index < -0.39 is 11.6 Å². The normalized spacial score (nSPS) is 10.8. The molecular weight excluding hydrogens is 260 g/mol. The summed E-state index contributed by atoms with van der Waals surface area (Å²) in [6.45, 7) is 5.48. The lowest BCUT2D eigenvalue weighted by Gasteiger charge is -2.09. The quantitative estimate of drug-likeness (QED) is 0.687. The van der Waals surface area contributed by atoms with Crippen LogP contribution in [0.5, 0.6) is 5.75 Å². The summed E-state index contributed by atoms with van der Waals surface area (Å²) >= 11 is 0. The molecule has 1 aromatic carbocycles. The maximum Gasteiger partial charge on any atom is 0.340 e. The van der Waals surface area contributed by atoms with Gasteiger partial charge in [-0.3, -0.25) is 4.79 Å². The Kier molecular flexibility index (Phi) is 3.79. The molecule has 0 unspecified atom stereocenters. The van der Waals surface area contributed by atoms with Crippen molar-refractivity contribution in [1.82, 2.24) is 0 Å². The number of benzene rings is 1. The second-order valence-corrected chi connectivity index (χ2v) is 4.61. The second kappa shape index (κ2) is 5.36. The molecule has 0 fully saturated rings. The molecule has 1 heterocycles. The van der Waals surface area contributed by atoms with Crippen LogP contribution < -0.4 is 5.63 Å². The number of aryl methyl sites for hydroxylation is 2. The van der Waals surface area contributed by atoms with Crippen molar-refractivity contribution in [2.45, 2.75) is 27.2 Å². The fourth-order valence-corrected chi connectivity index (χ4v) is 2.09. The molecule has 2 aromatic rings. The van der Waals surface area contributed by atoms with Crippen LogP contribution in [0.25, 0.3) is 11.0 Å². The average molecular weight is 276 g/mol. The molecule has 0 saturated carbocycles. The molecule has 0 radical (unpaired) electrons. The van der Waals surface area contributed by atoms with Gasteiger partial charge in [-0.25, -0.2) is 4.79 Å². The van der Waals surface area contributed by atoms with Gasteiger partial charge in [-0.1, -0.05) is 0 Å². The van der Waals surface area contributed by atoms with Gasteiger partial charge in [-0.05, 0) is 38.0 Å². The van der Waals surface area contributed by atoms with E-state index in [0.29, 0.717) is 27.7 Å². The lowest BCUT2D eigenvalue weighted by atomic mass is 10.0. The molecule has 5 heteroatoms. The number of aromatic hydroxyl groups is 1. The minimum atomic E-state index is -0.577. The Morgan fingerprint density at radius 1 is 1.35 bits per heavy atom. The molecule has 0 aliphatic rings. The van der Waals surface area contributed by atoms with Gasteiger partial charge in [0.05, 0.1) is 18.6 Å². The molecule has 0 atom stereocenters. The number of esters is 1. The van der Waals surface area contributed by atoms with Gasteiger partial charge in [-0.2, -0.15) is 0 Å². The Morgan fingerprint density at radius 3 is 2.70 bits per heavy atom. The third kappa shape index (κ3) is 2.52. The Morgan fingerprint density at radius 2 is 2.05 bits per heavy atom. The summed E-state index contributed by atoms with van der Waals surface area (Å²) in [5.41, 5.74) is 1.37. The van der Waals surface area contributed by atoms with Gasteiger partial charge in [0.15, 0.2) is 0 Å². The maximum absolute atomic E-state index is 11.9. The van der Waals surface area contributed by atoms with Crippen LogP contribution in [0.15, 0.2) is 21.3 Å². The first kappa shape index (κ1) is 14.1. The second-order valence-electron chi connectivity index (χ2n) is 4.61. The van der Waals surface area contributed by atoms with Crippen molar-refractivity contribution < 1.29 is 19.1 Å². The summed E-state index contributed by atoms with van der Waals surface area (Å²) in [7, 11) is 0. The number of carbonyl (C=O) groups is 1. The van der Waals surface area contributed by atoms with Crippen molar-refractivity contribution >= 4 is 16.9 Å². The highest BCUT2D eigenvalue weighted by Crippen LogP contribution is 2.27. The fourth-order valence-electron chi connectivity index (χ4n) is 2.09. The number of carbonyl (C=O) groups excluding carboxylic acids is 1. The van der Waals surface area contributed by atoms with Crippen molar-refractivity contribution in [2.75, 3.05) is 6.61 Å². The first-order valence-electron chi connectivity index (χ1n) is 6.35. The number of hydrogen-bond donors (Lipinski definition) is 1. The Labute approximate surface area is 115 Å².